The summed E-state index contributed by atoms with van der Waals surface area (Å²) in [6, 6.07) is 16.9. The third-order valence-electron chi connectivity index (χ3n) is 6.92. The Bertz CT molecular complexity index is 1080. The number of ether oxygens (including phenoxy) is 1. The Morgan fingerprint density at radius 1 is 1.03 bits per heavy atom. The molecule has 0 amide bonds. The highest BCUT2D eigenvalue weighted by molar-refractivity contribution is 7.89. The normalized spacial score (nSPS) is 23.1. The highest BCUT2D eigenvalue weighted by Gasteiger charge is 2.32. The molecule has 0 aliphatic carbocycles. The predicted octanol–water partition coefficient (Wildman–Crippen LogP) is 3.20. The van der Waals surface area contributed by atoms with E-state index in [1.807, 2.05) is 18.2 Å². The van der Waals surface area contributed by atoms with Crippen molar-refractivity contribution < 1.29 is 17.9 Å². The Kier molecular flexibility index (Phi) is 8.73. The molecule has 2 heterocycles. The first-order valence-electron chi connectivity index (χ1n) is 12.6. The Balaban J connectivity index is 1.41. The lowest BCUT2D eigenvalue weighted by atomic mass is 9.94. The molecule has 2 aromatic carbocycles. The molecule has 2 fully saturated rings. The van der Waals surface area contributed by atoms with Gasteiger partial charge in [-0.05, 0) is 36.0 Å². The molecule has 0 spiro atoms. The van der Waals surface area contributed by atoms with E-state index in [-0.39, 0.29) is 23.3 Å². The molecule has 2 aliphatic rings. The fourth-order valence-corrected chi connectivity index (χ4v) is 6.95. The number of carbonyl (C=O) groups excluding carboxylic acids is 1. The van der Waals surface area contributed by atoms with Crippen molar-refractivity contribution in [2.45, 2.75) is 31.2 Å². The molecular formula is C27H37N3O4S. The maximum absolute atomic E-state index is 13.3. The SMILES string of the molecule is CC1CC(C)CN(S(=O)(=O)c2cccc(C(=O)CNCC(c3ccccc3)N3CCOCC3)c2)C1. The highest BCUT2D eigenvalue weighted by atomic mass is 32.2. The van der Waals surface area contributed by atoms with Gasteiger partial charge in [-0.2, -0.15) is 4.31 Å². The third kappa shape index (κ3) is 6.57. The van der Waals surface area contributed by atoms with E-state index in [4.69, 9.17) is 4.74 Å². The number of morpholine rings is 1. The lowest BCUT2D eigenvalue weighted by molar-refractivity contribution is 0.0162. The Morgan fingerprint density at radius 2 is 1.71 bits per heavy atom. The quantitative estimate of drug-likeness (QED) is 0.534. The lowest BCUT2D eigenvalue weighted by Gasteiger charge is -2.35. The molecule has 0 bridgehead atoms. The van der Waals surface area contributed by atoms with Crippen LogP contribution in [0.25, 0.3) is 0 Å². The molecule has 3 unspecified atom stereocenters. The molecule has 8 heteroatoms. The van der Waals surface area contributed by atoms with Gasteiger partial charge in [-0.3, -0.25) is 9.69 Å². The zero-order valence-corrected chi connectivity index (χ0v) is 21.5. The largest absolute Gasteiger partial charge is 0.379 e. The van der Waals surface area contributed by atoms with Crippen LogP contribution in [0, 0.1) is 11.8 Å². The molecule has 0 radical (unpaired) electrons. The molecule has 190 valence electrons. The minimum absolute atomic E-state index is 0.115. The van der Waals surface area contributed by atoms with Gasteiger partial charge in [-0.1, -0.05) is 56.3 Å². The zero-order valence-electron chi connectivity index (χ0n) is 20.7. The second kappa shape index (κ2) is 11.8. The number of benzene rings is 2. The summed E-state index contributed by atoms with van der Waals surface area (Å²) in [4.78, 5) is 15.6. The molecule has 0 aromatic heterocycles. The van der Waals surface area contributed by atoms with Crippen molar-refractivity contribution >= 4 is 15.8 Å². The van der Waals surface area contributed by atoms with Crippen LogP contribution in [0.4, 0.5) is 0 Å². The van der Waals surface area contributed by atoms with E-state index in [9.17, 15) is 13.2 Å². The number of hydrogen-bond acceptors (Lipinski definition) is 6. The summed E-state index contributed by atoms with van der Waals surface area (Å²) in [5, 5.41) is 3.32. The van der Waals surface area contributed by atoms with Crippen molar-refractivity contribution in [2.24, 2.45) is 11.8 Å². The molecule has 2 aliphatic heterocycles. The highest BCUT2D eigenvalue weighted by Crippen LogP contribution is 2.27. The molecule has 0 saturated carbocycles. The number of nitrogens with one attached hydrogen (secondary N) is 1. The first-order chi connectivity index (χ1) is 16.8. The summed E-state index contributed by atoms with van der Waals surface area (Å²) in [5.74, 6) is 0.536. The van der Waals surface area contributed by atoms with Crippen LogP contribution < -0.4 is 5.32 Å². The van der Waals surface area contributed by atoms with Gasteiger partial charge in [0.05, 0.1) is 24.7 Å². The standard InChI is InChI=1S/C27H37N3O4S/c1-21-15-22(2)20-30(19-21)35(32,33)25-10-6-9-24(16-25)27(31)18-28-17-26(23-7-4-3-5-8-23)29-11-13-34-14-12-29/h3-10,16,21-22,26,28H,11-15,17-20H2,1-2H3. The summed E-state index contributed by atoms with van der Waals surface area (Å²) in [5.41, 5.74) is 1.62. The summed E-state index contributed by atoms with van der Waals surface area (Å²) in [7, 11) is -3.63. The molecule has 4 rings (SSSR count). The van der Waals surface area contributed by atoms with Gasteiger partial charge in [0.2, 0.25) is 10.0 Å². The van der Waals surface area contributed by atoms with Crippen LogP contribution in [0.15, 0.2) is 59.5 Å². The fraction of sp³-hybridized carbons (Fsp3) is 0.519. The van der Waals surface area contributed by atoms with Gasteiger partial charge in [0.25, 0.3) is 0 Å². The van der Waals surface area contributed by atoms with Gasteiger partial charge in [-0.15, -0.1) is 0 Å². The van der Waals surface area contributed by atoms with Crippen molar-refractivity contribution in [3.8, 4) is 0 Å². The second-order valence-corrected chi connectivity index (χ2v) is 11.9. The third-order valence-corrected chi connectivity index (χ3v) is 8.75. The van der Waals surface area contributed by atoms with Crippen LogP contribution in [0.3, 0.4) is 0 Å². The van der Waals surface area contributed by atoms with Crippen molar-refractivity contribution in [3.05, 3.63) is 65.7 Å². The lowest BCUT2D eigenvalue weighted by Crippen LogP contribution is -2.43. The van der Waals surface area contributed by atoms with E-state index in [1.165, 1.54) is 11.6 Å². The minimum atomic E-state index is -3.63. The van der Waals surface area contributed by atoms with Gasteiger partial charge in [0.15, 0.2) is 5.78 Å². The van der Waals surface area contributed by atoms with Crippen molar-refractivity contribution in [3.63, 3.8) is 0 Å². The van der Waals surface area contributed by atoms with E-state index in [0.717, 1.165) is 19.5 Å². The maximum Gasteiger partial charge on any atom is 0.243 e. The average Bonchev–Trinajstić information content (AvgIpc) is 2.87. The second-order valence-electron chi connectivity index (χ2n) is 9.92. The van der Waals surface area contributed by atoms with Gasteiger partial charge < -0.3 is 10.1 Å². The molecule has 2 saturated heterocycles. The summed E-state index contributed by atoms with van der Waals surface area (Å²) >= 11 is 0. The number of sulfonamides is 1. The summed E-state index contributed by atoms with van der Waals surface area (Å²) < 4.78 is 33.6. The van der Waals surface area contributed by atoms with E-state index in [2.05, 4.69) is 36.2 Å². The molecule has 3 atom stereocenters. The van der Waals surface area contributed by atoms with Crippen LogP contribution in [0.1, 0.15) is 42.2 Å². The molecule has 7 nitrogen and oxygen atoms in total. The summed E-state index contributed by atoms with van der Waals surface area (Å²) in [6.45, 7) is 9.10. The number of nitrogens with zero attached hydrogens (tertiary/aromatic N) is 2. The van der Waals surface area contributed by atoms with Gasteiger partial charge >= 0.3 is 0 Å². The van der Waals surface area contributed by atoms with E-state index < -0.39 is 10.0 Å². The van der Waals surface area contributed by atoms with Crippen LogP contribution in [-0.4, -0.2) is 75.9 Å². The smallest absolute Gasteiger partial charge is 0.243 e. The topological polar surface area (TPSA) is 79.0 Å². The monoisotopic (exact) mass is 499 g/mol. The molecule has 1 N–H and O–H groups in total. The summed E-state index contributed by atoms with van der Waals surface area (Å²) in [6.07, 6.45) is 1.03. The van der Waals surface area contributed by atoms with Gasteiger partial charge in [-0.25, -0.2) is 8.42 Å². The Hall–Kier alpha value is -2.10. The van der Waals surface area contributed by atoms with E-state index in [0.29, 0.717) is 50.2 Å². The molecule has 35 heavy (non-hydrogen) atoms. The van der Waals surface area contributed by atoms with Gasteiger partial charge in [0, 0.05) is 44.3 Å². The van der Waals surface area contributed by atoms with Crippen LogP contribution in [0.5, 0.6) is 0 Å². The molecule has 2 aromatic rings. The van der Waals surface area contributed by atoms with Crippen LogP contribution >= 0.6 is 0 Å². The number of piperidine rings is 1. The number of rotatable bonds is 9. The number of carbonyl (C=O) groups is 1. The Morgan fingerprint density at radius 3 is 2.40 bits per heavy atom. The average molecular weight is 500 g/mol. The molecular weight excluding hydrogens is 462 g/mol. The van der Waals surface area contributed by atoms with Crippen LogP contribution in [0.2, 0.25) is 0 Å². The number of Topliss-reactive ketones (excluding diaryl/α,β-unsaturated/α-hetero) is 1. The fourth-order valence-electron chi connectivity index (χ4n) is 5.23. The van der Waals surface area contributed by atoms with Crippen LogP contribution in [-0.2, 0) is 14.8 Å². The van der Waals surface area contributed by atoms with Gasteiger partial charge in [0.1, 0.15) is 0 Å². The van der Waals surface area contributed by atoms with Crippen molar-refractivity contribution in [1.82, 2.24) is 14.5 Å². The zero-order chi connectivity index (χ0) is 24.8. The van der Waals surface area contributed by atoms with Crippen molar-refractivity contribution in [2.75, 3.05) is 52.5 Å². The first-order valence-corrected chi connectivity index (χ1v) is 14.0. The number of ketones is 1. The minimum Gasteiger partial charge on any atom is -0.379 e. The maximum atomic E-state index is 13.3. The predicted molar refractivity (Wildman–Crippen MR) is 137 cm³/mol. The Labute approximate surface area is 209 Å². The first kappa shape index (κ1) is 26.0. The van der Waals surface area contributed by atoms with Crippen molar-refractivity contribution in [1.29, 1.82) is 0 Å². The van der Waals surface area contributed by atoms with E-state index in [1.54, 1.807) is 22.5 Å². The van der Waals surface area contributed by atoms with E-state index >= 15 is 0 Å². The number of hydrogen-bond donors (Lipinski definition) is 1.